The quantitative estimate of drug-likeness (QED) is 0.356. The number of benzene rings is 2. The highest BCUT2D eigenvalue weighted by atomic mass is 16.6. The number of primary amides is 1. The van der Waals surface area contributed by atoms with E-state index in [4.69, 9.17) is 22.9 Å². The van der Waals surface area contributed by atoms with Gasteiger partial charge in [0.25, 0.3) is 11.4 Å². The van der Waals surface area contributed by atoms with E-state index in [2.05, 4.69) is 0 Å². The molecule has 0 saturated heterocycles. The fourth-order valence-corrected chi connectivity index (χ4v) is 2.25. The minimum absolute atomic E-state index is 0.00592. The van der Waals surface area contributed by atoms with Gasteiger partial charge in [0.1, 0.15) is 0 Å². The van der Waals surface area contributed by atoms with Gasteiger partial charge in [-0.15, -0.1) is 0 Å². The molecule has 0 saturated carbocycles. The minimum atomic E-state index is -0.758. The van der Waals surface area contributed by atoms with E-state index >= 15 is 0 Å². The molecular weight excluding hydrogens is 380 g/mol. The summed E-state index contributed by atoms with van der Waals surface area (Å²) in [6.45, 7) is 0.414. The van der Waals surface area contributed by atoms with Crippen LogP contribution in [0.25, 0.3) is 0 Å². The van der Waals surface area contributed by atoms with Crippen LogP contribution in [-0.2, 0) is 17.6 Å². The van der Waals surface area contributed by atoms with E-state index in [0.717, 1.165) is 11.1 Å². The molecule has 0 fully saturated rings. The van der Waals surface area contributed by atoms with Crippen molar-refractivity contribution >= 4 is 17.3 Å². The van der Waals surface area contributed by atoms with Crippen molar-refractivity contribution in [2.75, 3.05) is 6.54 Å². The third kappa shape index (κ3) is 8.43. The maximum absolute atomic E-state index is 10.7. The summed E-state index contributed by atoms with van der Waals surface area (Å²) in [4.78, 5) is 30.5. The summed E-state index contributed by atoms with van der Waals surface area (Å²) in [5, 5.41) is 20.7. The first-order valence-corrected chi connectivity index (χ1v) is 8.61. The number of carbonyl (C=O) groups excluding carboxylic acids is 1. The molecule has 2 rings (SSSR count). The van der Waals surface area contributed by atoms with Gasteiger partial charge in [0.15, 0.2) is 0 Å². The second kappa shape index (κ2) is 11.4. The zero-order valence-electron chi connectivity index (χ0n) is 15.6. The number of hydrogen-bond donors (Lipinski definition) is 4. The summed E-state index contributed by atoms with van der Waals surface area (Å²) in [5.41, 5.74) is 23.2. The van der Waals surface area contributed by atoms with Gasteiger partial charge in [0.2, 0.25) is 5.91 Å². The van der Waals surface area contributed by atoms with Crippen LogP contribution in [0, 0.1) is 20.2 Å². The zero-order valence-corrected chi connectivity index (χ0v) is 15.6. The lowest BCUT2D eigenvalue weighted by Gasteiger charge is -2.07. The number of nitrogens with two attached hydrogens (primary N) is 4. The molecule has 2 atom stereocenters. The number of nitro benzene ring substituents is 2. The van der Waals surface area contributed by atoms with Gasteiger partial charge < -0.3 is 22.9 Å². The van der Waals surface area contributed by atoms with Gasteiger partial charge in [-0.25, -0.2) is 0 Å². The number of nitro groups is 2. The summed E-state index contributed by atoms with van der Waals surface area (Å²) in [7, 11) is 0. The van der Waals surface area contributed by atoms with Crippen LogP contribution in [0.15, 0.2) is 48.5 Å². The molecule has 156 valence electrons. The summed E-state index contributed by atoms with van der Waals surface area (Å²) in [6.07, 6.45) is 0.932. The second-order valence-corrected chi connectivity index (χ2v) is 6.26. The first-order valence-electron chi connectivity index (χ1n) is 8.61. The number of amides is 1. The molecule has 11 heteroatoms. The van der Waals surface area contributed by atoms with E-state index in [0.29, 0.717) is 13.0 Å². The van der Waals surface area contributed by atoms with Crippen LogP contribution in [0.5, 0.6) is 0 Å². The van der Waals surface area contributed by atoms with E-state index in [1.807, 2.05) is 0 Å². The van der Waals surface area contributed by atoms with Gasteiger partial charge in [-0.05, 0) is 24.0 Å². The molecule has 1 unspecified atom stereocenters. The van der Waals surface area contributed by atoms with E-state index in [1.165, 1.54) is 24.3 Å². The summed E-state index contributed by atoms with van der Waals surface area (Å²) >= 11 is 0. The first-order chi connectivity index (χ1) is 13.6. The largest absolute Gasteiger partial charge is 0.368 e. The smallest absolute Gasteiger partial charge is 0.269 e. The molecule has 11 nitrogen and oxygen atoms in total. The number of rotatable bonds is 8. The van der Waals surface area contributed by atoms with E-state index in [9.17, 15) is 25.0 Å². The standard InChI is InChI=1S/C9H11N3O3.C9H13N3O2/c10-8(9(11)13)5-6-1-3-7(4-2-6)12(14)15;10-6-8(11)5-7-1-3-9(4-2-7)12(13)14/h1-4,8H,5,10H2,(H2,11,13);1-4,8H,5-6,10-11H2/t8-;/m0./s1. The van der Waals surface area contributed by atoms with Gasteiger partial charge in [-0.2, -0.15) is 0 Å². The molecule has 0 bridgehead atoms. The van der Waals surface area contributed by atoms with Crippen molar-refractivity contribution in [2.45, 2.75) is 24.9 Å². The Hall–Kier alpha value is -3.41. The first kappa shape index (κ1) is 23.6. The topological polar surface area (TPSA) is 207 Å². The van der Waals surface area contributed by atoms with Crippen molar-refractivity contribution in [3.05, 3.63) is 79.9 Å². The van der Waals surface area contributed by atoms with Gasteiger partial charge in [-0.3, -0.25) is 25.0 Å². The number of non-ortho nitro benzene ring substituents is 2. The van der Waals surface area contributed by atoms with Crippen molar-refractivity contribution in [3.63, 3.8) is 0 Å². The van der Waals surface area contributed by atoms with Crippen LogP contribution in [-0.4, -0.2) is 34.4 Å². The molecule has 0 radical (unpaired) electrons. The number of hydrogen-bond acceptors (Lipinski definition) is 8. The molecule has 0 aromatic heterocycles. The molecule has 0 spiro atoms. The van der Waals surface area contributed by atoms with Crippen LogP contribution in [0.3, 0.4) is 0 Å². The van der Waals surface area contributed by atoms with Gasteiger partial charge in [-0.1, -0.05) is 24.3 Å². The Kier molecular flexibility index (Phi) is 9.32. The lowest BCUT2D eigenvalue weighted by Crippen LogP contribution is -2.38. The van der Waals surface area contributed by atoms with Crippen LogP contribution in [0.1, 0.15) is 11.1 Å². The summed E-state index contributed by atoms with van der Waals surface area (Å²) < 4.78 is 0. The predicted molar refractivity (Wildman–Crippen MR) is 108 cm³/mol. The van der Waals surface area contributed by atoms with Crippen molar-refractivity contribution in [1.82, 2.24) is 0 Å². The molecule has 1 amide bonds. The number of carbonyl (C=O) groups is 1. The average molecular weight is 404 g/mol. The van der Waals surface area contributed by atoms with Crippen LogP contribution in [0.4, 0.5) is 11.4 Å². The van der Waals surface area contributed by atoms with Crippen LogP contribution in [0.2, 0.25) is 0 Å². The van der Waals surface area contributed by atoms with Crippen molar-refractivity contribution < 1.29 is 14.6 Å². The lowest BCUT2D eigenvalue weighted by atomic mass is 10.1. The Morgan fingerprint density at radius 1 is 0.828 bits per heavy atom. The van der Waals surface area contributed by atoms with E-state index in [-0.39, 0.29) is 23.8 Å². The molecule has 2 aromatic carbocycles. The van der Waals surface area contributed by atoms with Gasteiger partial charge >= 0.3 is 0 Å². The normalized spacial score (nSPS) is 12.2. The third-order valence-corrected chi connectivity index (χ3v) is 3.92. The molecule has 0 aliphatic rings. The summed E-state index contributed by atoms with van der Waals surface area (Å²) in [6, 6.07) is 11.3. The second-order valence-electron chi connectivity index (χ2n) is 6.26. The summed E-state index contributed by atoms with van der Waals surface area (Å²) in [5.74, 6) is -0.589. The molecule has 0 aliphatic carbocycles. The van der Waals surface area contributed by atoms with Gasteiger partial charge in [0, 0.05) is 36.9 Å². The monoisotopic (exact) mass is 404 g/mol. The molecule has 8 N–H and O–H groups in total. The Morgan fingerprint density at radius 2 is 1.21 bits per heavy atom. The molecule has 29 heavy (non-hydrogen) atoms. The highest BCUT2D eigenvalue weighted by molar-refractivity contribution is 5.79. The highest BCUT2D eigenvalue weighted by Gasteiger charge is 2.11. The predicted octanol–water partition coefficient (Wildman–Crippen LogP) is 0.373. The van der Waals surface area contributed by atoms with Crippen LogP contribution < -0.4 is 22.9 Å². The Labute approximate surface area is 167 Å². The van der Waals surface area contributed by atoms with Crippen molar-refractivity contribution in [1.29, 1.82) is 0 Å². The fraction of sp³-hybridized carbons (Fsp3) is 0.278. The highest BCUT2D eigenvalue weighted by Crippen LogP contribution is 2.13. The average Bonchev–Trinajstić information content (AvgIpc) is 2.69. The Balaban J connectivity index is 0.000000291. The maximum atomic E-state index is 10.7. The fourth-order valence-electron chi connectivity index (χ4n) is 2.25. The molecule has 2 aromatic rings. The van der Waals surface area contributed by atoms with Crippen molar-refractivity contribution in [2.24, 2.45) is 22.9 Å². The molecular formula is C18H24N6O5. The molecule has 0 heterocycles. The Morgan fingerprint density at radius 3 is 1.52 bits per heavy atom. The van der Waals surface area contributed by atoms with E-state index < -0.39 is 21.8 Å². The maximum Gasteiger partial charge on any atom is 0.269 e. The van der Waals surface area contributed by atoms with Gasteiger partial charge in [0.05, 0.1) is 15.9 Å². The lowest BCUT2D eigenvalue weighted by molar-refractivity contribution is -0.385. The Bertz CT molecular complexity index is 826. The SMILES string of the molecule is NC(=O)[C@@H](N)Cc1ccc([N+](=O)[O-])cc1.NCC(N)Cc1ccc([N+](=O)[O-])cc1. The third-order valence-electron chi connectivity index (χ3n) is 3.92. The zero-order chi connectivity index (χ0) is 22.0. The van der Waals surface area contributed by atoms with Crippen LogP contribution >= 0.6 is 0 Å². The molecule has 0 aliphatic heterocycles. The minimum Gasteiger partial charge on any atom is -0.368 e. The van der Waals surface area contributed by atoms with E-state index in [1.54, 1.807) is 24.3 Å². The number of nitrogens with zero attached hydrogens (tertiary/aromatic N) is 2. The van der Waals surface area contributed by atoms with Crippen molar-refractivity contribution in [3.8, 4) is 0 Å².